The summed E-state index contributed by atoms with van der Waals surface area (Å²) in [6.45, 7) is 0. The maximum absolute atomic E-state index is 10.9. The summed E-state index contributed by atoms with van der Waals surface area (Å²) in [7, 11) is 0. The van der Waals surface area contributed by atoms with E-state index in [0.29, 0.717) is 0 Å². The third kappa shape index (κ3) is 5.92. The van der Waals surface area contributed by atoms with Gasteiger partial charge in [-0.15, -0.1) is 0 Å². The van der Waals surface area contributed by atoms with Crippen molar-refractivity contribution in [2.75, 3.05) is 0 Å². The Morgan fingerprint density at radius 1 is 0.774 bits per heavy atom. The fourth-order valence-corrected chi connectivity index (χ4v) is 2.35. The zero-order valence-electron chi connectivity index (χ0n) is 15.5. The van der Waals surface area contributed by atoms with Crippen molar-refractivity contribution in [1.82, 2.24) is 4.98 Å². The zero-order chi connectivity index (χ0) is 21.7. The van der Waals surface area contributed by atoms with Crippen LogP contribution in [0.2, 0.25) is 0 Å². The summed E-state index contributed by atoms with van der Waals surface area (Å²) >= 11 is 0. The molecule has 1 heterocycles. The van der Waals surface area contributed by atoms with E-state index in [1.165, 1.54) is 48.8 Å². The van der Waals surface area contributed by atoms with E-state index < -0.39 is 9.85 Å². The fourth-order valence-electron chi connectivity index (χ4n) is 2.35. The van der Waals surface area contributed by atoms with Crippen molar-refractivity contribution >= 4 is 35.4 Å². The van der Waals surface area contributed by atoms with E-state index in [1.807, 2.05) is 0 Å². The van der Waals surface area contributed by atoms with Crippen molar-refractivity contribution in [3.8, 4) is 11.5 Å². The Morgan fingerprint density at radius 3 is 1.58 bits per heavy atom. The van der Waals surface area contributed by atoms with E-state index in [0.717, 1.165) is 0 Å². The van der Waals surface area contributed by atoms with E-state index >= 15 is 0 Å². The van der Waals surface area contributed by atoms with Gasteiger partial charge in [0.15, 0.2) is 11.6 Å². The summed E-state index contributed by atoms with van der Waals surface area (Å²) < 4.78 is 0. The van der Waals surface area contributed by atoms with Gasteiger partial charge in [0.25, 0.3) is 11.4 Å². The van der Waals surface area contributed by atoms with Gasteiger partial charge >= 0.3 is 0 Å². The van der Waals surface area contributed by atoms with Gasteiger partial charge in [0, 0.05) is 64.9 Å². The molecule has 0 bridgehead atoms. The number of phenolic OH excluding ortho intramolecular Hbond substituents is 2. The molecule has 0 atom stereocenters. The normalized spacial score (nSPS) is 10.8. The Labute approximate surface area is 185 Å². The van der Waals surface area contributed by atoms with Gasteiger partial charge in [-0.3, -0.25) is 20.2 Å². The van der Waals surface area contributed by atoms with Crippen molar-refractivity contribution in [3.63, 3.8) is 0 Å². The molecule has 0 aliphatic heterocycles. The second kappa shape index (κ2) is 10.1. The summed E-state index contributed by atoms with van der Waals surface area (Å²) in [5.41, 5.74) is -0.113. The minimum absolute atomic E-state index is 0. The summed E-state index contributed by atoms with van der Waals surface area (Å²) in [5, 5.41) is 41.3. The number of phenols is 2. The molecule has 12 heteroatoms. The van der Waals surface area contributed by atoms with E-state index in [1.54, 1.807) is 18.2 Å². The largest absolute Gasteiger partial charge is 0.507 e. The van der Waals surface area contributed by atoms with Crippen LogP contribution in [0.15, 0.2) is 64.6 Å². The molecule has 1 aromatic heterocycles. The number of benzene rings is 2. The third-order valence-electron chi connectivity index (χ3n) is 3.84. The van der Waals surface area contributed by atoms with Crippen LogP contribution < -0.4 is 0 Å². The molecule has 3 rings (SSSR count). The van der Waals surface area contributed by atoms with Crippen LogP contribution in [0, 0.1) is 20.2 Å². The van der Waals surface area contributed by atoms with Crippen LogP contribution in [0.3, 0.4) is 0 Å². The number of nitro benzene ring substituents is 2. The number of non-ortho nitro benzene ring substituents is 2. The number of hydrogen-bond donors (Lipinski definition) is 2. The first kappa shape index (κ1) is 23.1. The minimum atomic E-state index is -0.590. The number of rotatable bonds is 6. The monoisotopic (exact) mass is 462 g/mol. The predicted octanol–water partition coefficient (Wildman–Crippen LogP) is 3.81. The SMILES string of the molecule is O=[N+]([O-])c1ccc(O)c(C=Nc2cccc(N=Cc3cc([N+](=O)[O-])ccc3O)n2)c1.[Mn]. The molecule has 3 aromatic rings. The van der Waals surface area contributed by atoms with Crippen LogP contribution in [0.25, 0.3) is 0 Å². The Morgan fingerprint density at radius 2 is 1.19 bits per heavy atom. The van der Waals surface area contributed by atoms with Gasteiger partial charge in [0.05, 0.1) is 9.85 Å². The quantitative estimate of drug-likeness (QED) is 0.243. The van der Waals surface area contributed by atoms with Gasteiger partial charge in [0.2, 0.25) is 0 Å². The van der Waals surface area contributed by atoms with Gasteiger partial charge in [0.1, 0.15) is 11.5 Å². The molecular formula is C19H13MnN5O6. The van der Waals surface area contributed by atoms with Crippen LogP contribution in [-0.2, 0) is 17.1 Å². The Balaban J connectivity index is 0.00000341. The molecule has 0 fully saturated rings. The first-order valence-corrected chi connectivity index (χ1v) is 8.33. The summed E-state index contributed by atoms with van der Waals surface area (Å²) in [5.74, 6) is 0.0528. The van der Waals surface area contributed by atoms with E-state index in [2.05, 4.69) is 15.0 Å². The molecular weight excluding hydrogens is 449 g/mol. The molecule has 0 aliphatic rings. The number of nitro groups is 2. The standard InChI is InChI=1S/C19H13N5O6.Mn/c25-16-6-4-14(23(27)28)8-12(16)10-20-18-2-1-3-19(22-18)21-11-13-9-15(24(29)30)5-7-17(13)26;/h1-11,25-26H;. The predicted molar refractivity (Wildman–Crippen MR) is 108 cm³/mol. The molecule has 11 nitrogen and oxygen atoms in total. The van der Waals surface area contributed by atoms with Gasteiger partial charge in [-0.2, -0.15) is 0 Å². The average molecular weight is 462 g/mol. The number of pyridine rings is 1. The Kier molecular flexibility index (Phi) is 7.50. The van der Waals surface area contributed by atoms with Crippen LogP contribution in [0.1, 0.15) is 11.1 Å². The van der Waals surface area contributed by atoms with Crippen LogP contribution in [-0.4, -0.2) is 37.5 Å². The van der Waals surface area contributed by atoms with Gasteiger partial charge < -0.3 is 10.2 Å². The van der Waals surface area contributed by atoms with Crippen LogP contribution in [0.4, 0.5) is 23.0 Å². The molecule has 2 aromatic carbocycles. The number of aliphatic imine (C=N–C) groups is 2. The zero-order valence-corrected chi connectivity index (χ0v) is 16.7. The maximum Gasteiger partial charge on any atom is 0.270 e. The first-order chi connectivity index (χ1) is 14.3. The van der Waals surface area contributed by atoms with Crippen molar-refractivity contribution in [2.24, 2.45) is 9.98 Å². The summed E-state index contributed by atoms with van der Waals surface area (Å²) in [4.78, 5) is 32.8. The van der Waals surface area contributed by atoms with Gasteiger partial charge in [-0.25, -0.2) is 15.0 Å². The van der Waals surface area contributed by atoms with E-state index in [-0.39, 0.29) is 62.7 Å². The van der Waals surface area contributed by atoms with Gasteiger partial charge in [-0.05, 0) is 24.3 Å². The Bertz CT molecular complexity index is 1110. The topological polar surface area (TPSA) is 164 Å². The molecule has 0 amide bonds. The molecule has 1 radical (unpaired) electrons. The number of aromatic nitrogens is 1. The van der Waals surface area contributed by atoms with Gasteiger partial charge in [-0.1, -0.05) is 6.07 Å². The maximum atomic E-state index is 10.9. The van der Waals surface area contributed by atoms with Crippen LogP contribution >= 0.6 is 0 Å². The van der Waals surface area contributed by atoms with Crippen molar-refractivity contribution in [3.05, 3.63) is 86.0 Å². The summed E-state index contributed by atoms with van der Waals surface area (Å²) in [6, 6.07) is 11.8. The molecule has 0 spiro atoms. The molecule has 157 valence electrons. The molecule has 31 heavy (non-hydrogen) atoms. The summed E-state index contributed by atoms with van der Waals surface area (Å²) in [6.07, 6.45) is 2.45. The molecule has 0 saturated carbocycles. The second-order valence-electron chi connectivity index (χ2n) is 5.87. The second-order valence-corrected chi connectivity index (χ2v) is 5.87. The molecule has 0 aliphatic carbocycles. The van der Waals surface area contributed by atoms with Crippen molar-refractivity contribution in [1.29, 1.82) is 0 Å². The first-order valence-electron chi connectivity index (χ1n) is 8.33. The van der Waals surface area contributed by atoms with E-state index in [9.17, 15) is 30.4 Å². The van der Waals surface area contributed by atoms with Crippen molar-refractivity contribution in [2.45, 2.75) is 0 Å². The number of aromatic hydroxyl groups is 2. The molecule has 2 N–H and O–H groups in total. The minimum Gasteiger partial charge on any atom is -0.507 e. The number of hydrogen-bond acceptors (Lipinski definition) is 9. The Hall–Kier alpha value is -4.15. The van der Waals surface area contributed by atoms with Crippen LogP contribution in [0.5, 0.6) is 11.5 Å². The molecule has 0 saturated heterocycles. The molecule has 0 unspecified atom stereocenters. The fraction of sp³-hybridized carbons (Fsp3) is 0. The average Bonchev–Trinajstić information content (AvgIpc) is 2.72. The smallest absolute Gasteiger partial charge is 0.270 e. The van der Waals surface area contributed by atoms with E-state index in [4.69, 9.17) is 0 Å². The number of nitrogens with zero attached hydrogens (tertiary/aromatic N) is 5. The van der Waals surface area contributed by atoms with Crippen molar-refractivity contribution < 1.29 is 37.1 Å². The third-order valence-corrected chi connectivity index (χ3v) is 3.84.